The lowest BCUT2D eigenvalue weighted by atomic mass is 10.2. The van der Waals surface area contributed by atoms with Crippen molar-refractivity contribution in [1.82, 2.24) is 15.1 Å². The Balaban J connectivity index is 2.01. The van der Waals surface area contributed by atoms with Crippen LogP contribution in [0.4, 0.5) is 0 Å². The summed E-state index contributed by atoms with van der Waals surface area (Å²) < 4.78 is 28.5. The van der Waals surface area contributed by atoms with Gasteiger partial charge in [0.15, 0.2) is 9.84 Å². The van der Waals surface area contributed by atoms with E-state index in [-0.39, 0.29) is 18.1 Å². The van der Waals surface area contributed by atoms with Crippen LogP contribution in [0.2, 0.25) is 0 Å². The van der Waals surface area contributed by atoms with Crippen molar-refractivity contribution in [3.05, 3.63) is 24.2 Å². The molecule has 0 spiro atoms. The highest BCUT2D eigenvalue weighted by atomic mass is 32.2. The molecule has 1 aromatic heterocycles. The summed E-state index contributed by atoms with van der Waals surface area (Å²) in [6, 6.07) is 2.94. The van der Waals surface area contributed by atoms with E-state index in [0.717, 1.165) is 0 Å². The van der Waals surface area contributed by atoms with Crippen molar-refractivity contribution in [2.24, 2.45) is 0 Å². The Morgan fingerprint density at radius 1 is 1.33 bits per heavy atom. The molecule has 24 heavy (non-hydrogen) atoms. The SMILES string of the molecule is CN(C)CCN(C(=O)C(=O)NCc1ccco1)C1CCS(=O)(=O)C1. The number of carbonyl (C=O) groups is 2. The molecule has 134 valence electrons. The van der Waals surface area contributed by atoms with Gasteiger partial charge in [0.2, 0.25) is 0 Å². The summed E-state index contributed by atoms with van der Waals surface area (Å²) in [6.45, 7) is 0.968. The monoisotopic (exact) mass is 357 g/mol. The second kappa shape index (κ2) is 7.80. The molecule has 8 nitrogen and oxygen atoms in total. The molecule has 9 heteroatoms. The zero-order valence-electron chi connectivity index (χ0n) is 13.9. The van der Waals surface area contributed by atoms with Crippen LogP contribution < -0.4 is 5.32 Å². The van der Waals surface area contributed by atoms with Gasteiger partial charge in [-0.15, -0.1) is 0 Å². The molecule has 2 amide bonds. The molecule has 2 rings (SSSR count). The number of nitrogens with one attached hydrogen (secondary N) is 1. The van der Waals surface area contributed by atoms with Crippen molar-refractivity contribution in [3.63, 3.8) is 0 Å². The molecule has 2 heterocycles. The zero-order chi connectivity index (χ0) is 17.7. The predicted molar refractivity (Wildman–Crippen MR) is 87.9 cm³/mol. The predicted octanol–water partition coefficient (Wildman–Crippen LogP) is -0.527. The Labute approximate surface area is 141 Å². The number of carbonyl (C=O) groups excluding carboxylic acids is 2. The number of sulfone groups is 1. The molecule has 1 aliphatic rings. The van der Waals surface area contributed by atoms with Gasteiger partial charge in [0, 0.05) is 19.1 Å². The maximum atomic E-state index is 12.5. The minimum atomic E-state index is -3.14. The van der Waals surface area contributed by atoms with E-state index in [1.807, 2.05) is 19.0 Å². The first-order valence-corrected chi connectivity index (χ1v) is 9.57. The van der Waals surface area contributed by atoms with Crippen LogP contribution in [0.5, 0.6) is 0 Å². The topological polar surface area (TPSA) is 99.9 Å². The van der Waals surface area contributed by atoms with E-state index >= 15 is 0 Å². The molecule has 1 aliphatic heterocycles. The van der Waals surface area contributed by atoms with Crippen LogP contribution >= 0.6 is 0 Å². The van der Waals surface area contributed by atoms with Gasteiger partial charge in [-0.2, -0.15) is 0 Å². The third-order valence-corrected chi connectivity index (χ3v) is 5.65. The van der Waals surface area contributed by atoms with Crippen LogP contribution in [-0.2, 0) is 26.0 Å². The molecule has 0 aliphatic carbocycles. The quantitative estimate of drug-likeness (QED) is 0.687. The van der Waals surface area contributed by atoms with Crippen LogP contribution in [0.3, 0.4) is 0 Å². The molecular weight excluding hydrogens is 334 g/mol. The van der Waals surface area contributed by atoms with Crippen molar-refractivity contribution in [2.75, 3.05) is 38.7 Å². The Kier molecular flexibility index (Phi) is 6.00. The van der Waals surface area contributed by atoms with Crippen LogP contribution in [0.1, 0.15) is 12.2 Å². The van der Waals surface area contributed by atoms with Crippen molar-refractivity contribution in [2.45, 2.75) is 19.0 Å². The van der Waals surface area contributed by atoms with Gasteiger partial charge in [-0.25, -0.2) is 8.42 Å². The molecule has 1 atom stereocenters. The first-order valence-electron chi connectivity index (χ1n) is 7.75. The van der Waals surface area contributed by atoms with Crippen LogP contribution in [0, 0.1) is 0 Å². The highest BCUT2D eigenvalue weighted by Crippen LogP contribution is 2.18. The van der Waals surface area contributed by atoms with Gasteiger partial charge in [0.05, 0.1) is 24.3 Å². The Morgan fingerprint density at radius 2 is 2.08 bits per heavy atom. The fourth-order valence-electron chi connectivity index (χ4n) is 2.57. The molecule has 1 unspecified atom stereocenters. The number of nitrogens with zero attached hydrogens (tertiary/aromatic N) is 2. The Morgan fingerprint density at radius 3 is 2.62 bits per heavy atom. The molecule has 0 bridgehead atoms. The van der Waals surface area contributed by atoms with Gasteiger partial charge in [0.25, 0.3) is 0 Å². The van der Waals surface area contributed by atoms with Gasteiger partial charge in [-0.1, -0.05) is 0 Å². The third kappa shape index (κ3) is 5.07. The highest BCUT2D eigenvalue weighted by Gasteiger charge is 2.36. The molecule has 0 radical (unpaired) electrons. The van der Waals surface area contributed by atoms with Crippen molar-refractivity contribution in [3.8, 4) is 0 Å². The molecule has 1 fully saturated rings. The van der Waals surface area contributed by atoms with Crippen LogP contribution in [0.25, 0.3) is 0 Å². The fourth-order valence-corrected chi connectivity index (χ4v) is 4.30. The van der Waals surface area contributed by atoms with Crippen molar-refractivity contribution >= 4 is 21.7 Å². The van der Waals surface area contributed by atoms with Crippen LogP contribution in [0.15, 0.2) is 22.8 Å². The van der Waals surface area contributed by atoms with Gasteiger partial charge in [-0.05, 0) is 32.6 Å². The summed E-state index contributed by atoms with van der Waals surface area (Å²) in [5.41, 5.74) is 0. The van der Waals surface area contributed by atoms with E-state index in [0.29, 0.717) is 25.3 Å². The Hall–Kier alpha value is -1.87. The summed E-state index contributed by atoms with van der Waals surface area (Å²) >= 11 is 0. The van der Waals surface area contributed by atoms with E-state index in [1.54, 1.807) is 12.1 Å². The maximum Gasteiger partial charge on any atom is 0.312 e. The van der Waals surface area contributed by atoms with Gasteiger partial charge < -0.3 is 19.5 Å². The minimum absolute atomic E-state index is 0.0530. The Bertz CT molecular complexity index is 669. The zero-order valence-corrected chi connectivity index (χ0v) is 14.7. The summed E-state index contributed by atoms with van der Waals surface area (Å²) in [7, 11) is 0.564. The number of likely N-dealkylation sites (N-methyl/N-ethyl adjacent to an activating group) is 1. The molecule has 1 saturated heterocycles. The number of amides is 2. The molecular formula is C15H23N3O5S. The van der Waals surface area contributed by atoms with E-state index in [2.05, 4.69) is 5.32 Å². The third-order valence-electron chi connectivity index (χ3n) is 3.90. The lowest BCUT2D eigenvalue weighted by Crippen LogP contribution is -2.50. The van der Waals surface area contributed by atoms with Gasteiger partial charge in [0.1, 0.15) is 5.76 Å². The van der Waals surface area contributed by atoms with Crippen LogP contribution in [-0.4, -0.2) is 74.8 Å². The van der Waals surface area contributed by atoms with E-state index in [9.17, 15) is 18.0 Å². The number of hydrogen-bond acceptors (Lipinski definition) is 6. The second-order valence-electron chi connectivity index (χ2n) is 6.12. The second-order valence-corrected chi connectivity index (χ2v) is 8.35. The van der Waals surface area contributed by atoms with E-state index < -0.39 is 27.7 Å². The lowest BCUT2D eigenvalue weighted by Gasteiger charge is -2.28. The maximum absolute atomic E-state index is 12.5. The first-order chi connectivity index (χ1) is 11.3. The van der Waals surface area contributed by atoms with E-state index in [1.165, 1.54) is 11.2 Å². The number of furan rings is 1. The molecule has 1 N–H and O–H groups in total. The summed E-state index contributed by atoms with van der Waals surface area (Å²) in [4.78, 5) is 27.9. The summed E-state index contributed by atoms with van der Waals surface area (Å²) in [6.07, 6.45) is 1.85. The number of rotatable bonds is 6. The molecule has 0 saturated carbocycles. The minimum Gasteiger partial charge on any atom is -0.467 e. The van der Waals surface area contributed by atoms with Gasteiger partial charge in [-0.3, -0.25) is 9.59 Å². The highest BCUT2D eigenvalue weighted by molar-refractivity contribution is 7.91. The van der Waals surface area contributed by atoms with Crippen molar-refractivity contribution < 1.29 is 22.4 Å². The standard InChI is InChI=1S/C15H23N3O5S/c1-17(2)6-7-18(12-5-9-24(21,22)11-12)15(20)14(19)16-10-13-4-3-8-23-13/h3-4,8,12H,5-7,9-11H2,1-2H3,(H,16,19). The largest absolute Gasteiger partial charge is 0.467 e. The van der Waals surface area contributed by atoms with Crippen molar-refractivity contribution in [1.29, 1.82) is 0 Å². The van der Waals surface area contributed by atoms with E-state index in [4.69, 9.17) is 4.42 Å². The summed E-state index contributed by atoms with van der Waals surface area (Å²) in [5, 5.41) is 2.51. The summed E-state index contributed by atoms with van der Waals surface area (Å²) in [5.74, 6) is -0.950. The van der Waals surface area contributed by atoms with Gasteiger partial charge >= 0.3 is 11.8 Å². The molecule has 1 aromatic rings. The average Bonchev–Trinajstić information content (AvgIpc) is 3.14. The normalized spacial score (nSPS) is 19.4. The fraction of sp³-hybridized carbons (Fsp3) is 0.600. The smallest absolute Gasteiger partial charge is 0.312 e. The molecule has 0 aromatic carbocycles. The first kappa shape index (κ1) is 18.5. The lowest BCUT2D eigenvalue weighted by molar-refractivity contribution is -0.147. The average molecular weight is 357 g/mol. The number of hydrogen-bond donors (Lipinski definition) is 1.